The Bertz CT molecular complexity index is 371. The van der Waals surface area contributed by atoms with E-state index in [0.717, 1.165) is 18.7 Å². The number of hydrogen-bond donors (Lipinski definition) is 1. The van der Waals surface area contributed by atoms with E-state index in [4.69, 9.17) is 4.74 Å². The van der Waals surface area contributed by atoms with E-state index < -0.39 is 0 Å². The van der Waals surface area contributed by atoms with Crippen molar-refractivity contribution >= 4 is 0 Å². The first-order valence-electron chi connectivity index (χ1n) is 7.12. The van der Waals surface area contributed by atoms with Gasteiger partial charge in [0.1, 0.15) is 5.75 Å². The quantitative estimate of drug-likeness (QED) is 0.797. The van der Waals surface area contributed by atoms with Crippen LogP contribution in [-0.2, 0) is 6.42 Å². The maximum Gasteiger partial charge on any atom is 0.119 e. The fourth-order valence-electron chi connectivity index (χ4n) is 2.04. The van der Waals surface area contributed by atoms with Crippen LogP contribution in [0, 0.1) is 5.92 Å². The van der Waals surface area contributed by atoms with Crippen LogP contribution in [0.1, 0.15) is 39.2 Å². The summed E-state index contributed by atoms with van der Waals surface area (Å²) >= 11 is 0. The molecule has 100 valence electrons. The summed E-state index contributed by atoms with van der Waals surface area (Å²) in [5, 5.41) is 3.49. The van der Waals surface area contributed by atoms with E-state index in [1.165, 1.54) is 18.4 Å². The first-order chi connectivity index (χ1) is 8.63. The van der Waals surface area contributed by atoms with Crippen LogP contribution in [0.15, 0.2) is 24.3 Å². The lowest BCUT2D eigenvalue weighted by molar-refractivity contribution is 0.302. The molecule has 1 aliphatic carbocycles. The monoisotopic (exact) mass is 247 g/mol. The van der Waals surface area contributed by atoms with Gasteiger partial charge in [0.15, 0.2) is 0 Å². The number of nitrogens with one attached hydrogen (secondary N) is 1. The number of rotatable bonds is 7. The van der Waals surface area contributed by atoms with Crippen molar-refractivity contribution in [3.05, 3.63) is 29.8 Å². The van der Waals surface area contributed by atoms with Crippen LogP contribution in [0.3, 0.4) is 0 Å². The van der Waals surface area contributed by atoms with E-state index in [1.807, 2.05) is 0 Å². The van der Waals surface area contributed by atoms with Crippen LogP contribution in [0.5, 0.6) is 5.75 Å². The van der Waals surface area contributed by atoms with Gasteiger partial charge in [0.05, 0.1) is 6.10 Å². The van der Waals surface area contributed by atoms with Crippen LogP contribution < -0.4 is 10.1 Å². The zero-order valence-corrected chi connectivity index (χ0v) is 11.8. The van der Waals surface area contributed by atoms with Gasteiger partial charge in [-0.05, 0) is 49.4 Å². The molecule has 1 fully saturated rings. The molecule has 1 atom stereocenters. The number of hydrogen-bond acceptors (Lipinski definition) is 2. The molecule has 2 heteroatoms. The maximum absolute atomic E-state index is 5.83. The van der Waals surface area contributed by atoms with Crippen LogP contribution >= 0.6 is 0 Å². The smallest absolute Gasteiger partial charge is 0.119 e. The van der Waals surface area contributed by atoms with Crippen molar-refractivity contribution in [2.75, 3.05) is 6.54 Å². The second kappa shape index (κ2) is 6.24. The molecule has 0 spiro atoms. The Balaban J connectivity index is 1.83. The van der Waals surface area contributed by atoms with E-state index >= 15 is 0 Å². The normalized spacial score (nSPS) is 16.9. The van der Waals surface area contributed by atoms with E-state index in [2.05, 4.69) is 50.4 Å². The van der Waals surface area contributed by atoms with Gasteiger partial charge in [0.2, 0.25) is 0 Å². The third-order valence-corrected chi connectivity index (χ3v) is 3.18. The zero-order chi connectivity index (χ0) is 13.0. The Morgan fingerprint density at radius 3 is 2.72 bits per heavy atom. The van der Waals surface area contributed by atoms with Gasteiger partial charge in [-0.25, -0.2) is 0 Å². The SMILES string of the molecule is CC(CNC(C)C)Cc1cccc(OC2CC2)c1. The van der Waals surface area contributed by atoms with Crippen LogP contribution in [0.25, 0.3) is 0 Å². The summed E-state index contributed by atoms with van der Waals surface area (Å²) in [5.74, 6) is 1.70. The summed E-state index contributed by atoms with van der Waals surface area (Å²) in [7, 11) is 0. The highest BCUT2D eigenvalue weighted by Crippen LogP contribution is 2.27. The van der Waals surface area contributed by atoms with E-state index in [0.29, 0.717) is 18.1 Å². The van der Waals surface area contributed by atoms with Gasteiger partial charge >= 0.3 is 0 Å². The van der Waals surface area contributed by atoms with E-state index in [-0.39, 0.29) is 0 Å². The Kier molecular flexibility index (Phi) is 4.65. The van der Waals surface area contributed by atoms with Crippen molar-refractivity contribution < 1.29 is 4.74 Å². The molecule has 0 amide bonds. The Hall–Kier alpha value is -1.02. The minimum absolute atomic E-state index is 0.486. The summed E-state index contributed by atoms with van der Waals surface area (Å²) in [4.78, 5) is 0. The molecule has 2 rings (SSSR count). The molecule has 1 aromatic carbocycles. The largest absolute Gasteiger partial charge is 0.490 e. The molecule has 1 unspecified atom stereocenters. The Morgan fingerprint density at radius 2 is 2.06 bits per heavy atom. The maximum atomic E-state index is 5.83. The lowest BCUT2D eigenvalue weighted by Gasteiger charge is -2.15. The van der Waals surface area contributed by atoms with Crippen molar-refractivity contribution in [3.8, 4) is 5.75 Å². The van der Waals surface area contributed by atoms with E-state index in [1.54, 1.807) is 0 Å². The predicted molar refractivity (Wildman–Crippen MR) is 76.1 cm³/mol. The highest BCUT2D eigenvalue weighted by molar-refractivity contribution is 5.29. The molecule has 0 aliphatic heterocycles. The summed E-state index contributed by atoms with van der Waals surface area (Å²) in [6.07, 6.45) is 4.04. The van der Waals surface area contributed by atoms with Gasteiger partial charge in [0, 0.05) is 6.04 Å². The summed E-state index contributed by atoms with van der Waals surface area (Å²) in [5.41, 5.74) is 1.38. The summed E-state index contributed by atoms with van der Waals surface area (Å²) in [6.45, 7) is 7.75. The van der Waals surface area contributed by atoms with Gasteiger partial charge in [-0.2, -0.15) is 0 Å². The average molecular weight is 247 g/mol. The lowest BCUT2D eigenvalue weighted by Crippen LogP contribution is -2.28. The molecule has 18 heavy (non-hydrogen) atoms. The second-order valence-electron chi connectivity index (χ2n) is 5.84. The molecule has 2 nitrogen and oxygen atoms in total. The third-order valence-electron chi connectivity index (χ3n) is 3.18. The Morgan fingerprint density at radius 1 is 1.28 bits per heavy atom. The molecule has 0 heterocycles. The van der Waals surface area contributed by atoms with Crippen molar-refractivity contribution in [1.29, 1.82) is 0 Å². The third kappa shape index (κ3) is 4.69. The van der Waals surface area contributed by atoms with Gasteiger partial charge in [-0.1, -0.05) is 32.9 Å². The number of ether oxygens (including phenoxy) is 1. The minimum Gasteiger partial charge on any atom is -0.490 e. The first kappa shape index (κ1) is 13.4. The standard InChI is InChI=1S/C16H25NO/c1-12(2)17-11-13(3)9-14-5-4-6-16(10-14)18-15-7-8-15/h4-6,10,12-13,15,17H,7-9,11H2,1-3H3. The van der Waals surface area contributed by atoms with Gasteiger partial charge in [0.25, 0.3) is 0 Å². The van der Waals surface area contributed by atoms with Gasteiger partial charge in [-0.15, -0.1) is 0 Å². The molecule has 1 N–H and O–H groups in total. The van der Waals surface area contributed by atoms with Crippen molar-refractivity contribution in [2.45, 2.75) is 52.2 Å². The van der Waals surface area contributed by atoms with Crippen molar-refractivity contribution in [1.82, 2.24) is 5.32 Å². The topological polar surface area (TPSA) is 21.3 Å². The van der Waals surface area contributed by atoms with Gasteiger partial charge < -0.3 is 10.1 Å². The molecule has 0 saturated heterocycles. The highest BCUT2D eigenvalue weighted by Gasteiger charge is 2.23. The molecule has 0 radical (unpaired) electrons. The van der Waals surface area contributed by atoms with Crippen LogP contribution in [0.4, 0.5) is 0 Å². The second-order valence-corrected chi connectivity index (χ2v) is 5.84. The molecular formula is C16H25NO. The molecule has 0 aromatic heterocycles. The summed E-state index contributed by atoms with van der Waals surface area (Å²) < 4.78 is 5.83. The van der Waals surface area contributed by atoms with Crippen LogP contribution in [0.2, 0.25) is 0 Å². The molecule has 0 bridgehead atoms. The summed E-state index contributed by atoms with van der Waals surface area (Å²) in [6, 6.07) is 9.14. The van der Waals surface area contributed by atoms with Crippen LogP contribution in [-0.4, -0.2) is 18.7 Å². The fourth-order valence-corrected chi connectivity index (χ4v) is 2.04. The van der Waals surface area contributed by atoms with Gasteiger partial charge in [-0.3, -0.25) is 0 Å². The molecule has 1 saturated carbocycles. The zero-order valence-electron chi connectivity index (χ0n) is 11.8. The first-order valence-corrected chi connectivity index (χ1v) is 7.12. The Labute approximate surface area is 111 Å². The minimum atomic E-state index is 0.486. The molecule has 1 aliphatic rings. The lowest BCUT2D eigenvalue weighted by atomic mass is 10.0. The van der Waals surface area contributed by atoms with Crippen molar-refractivity contribution in [3.63, 3.8) is 0 Å². The number of benzene rings is 1. The highest BCUT2D eigenvalue weighted by atomic mass is 16.5. The average Bonchev–Trinajstić information content (AvgIpc) is 3.11. The predicted octanol–water partition coefficient (Wildman–Crippen LogP) is 3.40. The fraction of sp³-hybridized carbons (Fsp3) is 0.625. The van der Waals surface area contributed by atoms with Crippen molar-refractivity contribution in [2.24, 2.45) is 5.92 Å². The molecular weight excluding hydrogens is 222 g/mol. The van der Waals surface area contributed by atoms with E-state index in [9.17, 15) is 0 Å². The molecule has 1 aromatic rings.